The smallest absolute Gasteiger partial charge is 0.158 e. The molecule has 1 fully saturated rings. The molecule has 160 valence electrons. The first-order chi connectivity index (χ1) is 15.2. The summed E-state index contributed by atoms with van der Waals surface area (Å²) in [5.41, 5.74) is 1.38. The summed E-state index contributed by atoms with van der Waals surface area (Å²) in [5.74, 6) is 2.17. The maximum absolute atomic E-state index is 14.2. The zero-order valence-electron chi connectivity index (χ0n) is 16.7. The summed E-state index contributed by atoms with van der Waals surface area (Å²) < 4.78 is 25.6. The number of rotatable bonds is 7. The van der Waals surface area contributed by atoms with Crippen molar-refractivity contribution in [3.8, 4) is 28.8 Å². The average Bonchev–Trinajstić information content (AvgIpc) is 3.26. The van der Waals surface area contributed by atoms with Crippen LogP contribution in [-0.2, 0) is 0 Å². The molecule has 1 aliphatic rings. The van der Waals surface area contributed by atoms with Gasteiger partial charge in [-0.2, -0.15) is 22.1 Å². The number of anilines is 2. The van der Waals surface area contributed by atoms with Crippen LogP contribution in [0.15, 0.2) is 30.6 Å². The second-order valence-electron chi connectivity index (χ2n) is 6.68. The summed E-state index contributed by atoms with van der Waals surface area (Å²) >= 11 is 1.83. The molecule has 3 aromatic rings. The van der Waals surface area contributed by atoms with Crippen LogP contribution in [0.5, 0.6) is 11.5 Å². The molecule has 1 atom stereocenters. The lowest BCUT2D eigenvalue weighted by atomic mass is 10.1. The molecular formula is C20H20FN7O2S. The molecule has 3 heterocycles. The lowest BCUT2D eigenvalue weighted by molar-refractivity contribution is 0.309. The monoisotopic (exact) mass is 441 g/mol. The Labute approximate surface area is 182 Å². The molecule has 3 N–H and O–H groups in total. The van der Waals surface area contributed by atoms with E-state index in [9.17, 15) is 4.39 Å². The molecule has 0 spiro atoms. The second kappa shape index (κ2) is 9.63. The number of nitriles is 1. The molecule has 1 aliphatic heterocycles. The van der Waals surface area contributed by atoms with Crippen LogP contribution in [0.2, 0.25) is 0 Å². The van der Waals surface area contributed by atoms with Gasteiger partial charge in [-0.25, -0.2) is 14.4 Å². The van der Waals surface area contributed by atoms with E-state index >= 15 is 0 Å². The Morgan fingerprint density at radius 2 is 2.13 bits per heavy atom. The first kappa shape index (κ1) is 20.9. The predicted octanol–water partition coefficient (Wildman–Crippen LogP) is 2.71. The Bertz CT molecular complexity index is 1080. The molecule has 31 heavy (non-hydrogen) atoms. The quantitative estimate of drug-likeness (QED) is 0.508. The molecule has 1 aromatic carbocycles. The number of methoxy groups -OCH3 is 1. The normalized spacial score (nSPS) is 15.8. The van der Waals surface area contributed by atoms with Crippen molar-refractivity contribution in [1.82, 2.24) is 25.5 Å². The Morgan fingerprint density at radius 1 is 1.26 bits per heavy atom. The molecule has 9 nitrogen and oxygen atoms in total. The fourth-order valence-electron chi connectivity index (χ4n) is 3.10. The van der Waals surface area contributed by atoms with Gasteiger partial charge in [-0.1, -0.05) is 0 Å². The Kier molecular flexibility index (Phi) is 6.49. The molecule has 0 bridgehead atoms. The van der Waals surface area contributed by atoms with Crippen LogP contribution >= 0.6 is 11.8 Å². The molecule has 0 radical (unpaired) electrons. The summed E-state index contributed by atoms with van der Waals surface area (Å²) in [6.45, 7) is 2.27. The number of nitrogens with one attached hydrogen (secondary N) is 3. The second-order valence-corrected chi connectivity index (χ2v) is 8.09. The van der Waals surface area contributed by atoms with Crippen LogP contribution in [-0.4, -0.2) is 58.0 Å². The van der Waals surface area contributed by atoms with E-state index < -0.39 is 5.82 Å². The van der Waals surface area contributed by atoms with Gasteiger partial charge in [-0.05, 0) is 0 Å². The molecule has 0 saturated carbocycles. The average molecular weight is 441 g/mol. The van der Waals surface area contributed by atoms with Gasteiger partial charge in [-0.15, -0.1) is 0 Å². The van der Waals surface area contributed by atoms with Crippen LogP contribution < -0.4 is 20.1 Å². The molecule has 0 unspecified atom stereocenters. The van der Waals surface area contributed by atoms with Crippen molar-refractivity contribution in [1.29, 1.82) is 5.26 Å². The van der Waals surface area contributed by atoms with E-state index in [1.165, 1.54) is 31.6 Å². The van der Waals surface area contributed by atoms with Gasteiger partial charge in [0.2, 0.25) is 0 Å². The maximum Gasteiger partial charge on any atom is 0.158 e. The summed E-state index contributed by atoms with van der Waals surface area (Å²) in [4.78, 5) is 8.08. The zero-order valence-corrected chi connectivity index (χ0v) is 17.5. The van der Waals surface area contributed by atoms with Gasteiger partial charge < -0.3 is 20.1 Å². The third-order valence-corrected chi connectivity index (χ3v) is 5.76. The number of halogens is 1. The third-order valence-electron chi connectivity index (χ3n) is 4.55. The lowest BCUT2D eigenvalue weighted by Gasteiger charge is -2.23. The van der Waals surface area contributed by atoms with Gasteiger partial charge in [0.25, 0.3) is 0 Å². The summed E-state index contributed by atoms with van der Waals surface area (Å²) in [7, 11) is 1.48. The third kappa shape index (κ3) is 5.04. The fourth-order valence-corrected chi connectivity index (χ4v) is 4.10. The van der Waals surface area contributed by atoms with Gasteiger partial charge in [0.1, 0.15) is 35.8 Å². The molecule has 1 saturated heterocycles. The van der Waals surface area contributed by atoms with Crippen molar-refractivity contribution in [3.05, 3.63) is 42.1 Å². The number of aromatic amines is 1. The standard InChI is InChI=1S/C20H20FN7O2S/c1-29-16-4-12(21)5-17(30-11-14-9-23-2-3-31-14)20(16)15-6-18(28-27-15)26-19-10-24-13(7-22)8-25-19/h4-6,8,10,14,23H,2-3,9,11H2,1H3,(H2,25,26,27,28)/t14-/m1/s1. The highest BCUT2D eigenvalue weighted by Gasteiger charge is 2.20. The topological polar surface area (TPSA) is 121 Å². The van der Waals surface area contributed by atoms with Crippen molar-refractivity contribution < 1.29 is 13.9 Å². The van der Waals surface area contributed by atoms with Crippen LogP contribution in [0.4, 0.5) is 16.0 Å². The number of H-pyrrole nitrogens is 1. The Morgan fingerprint density at radius 3 is 2.84 bits per heavy atom. The number of thioether (sulfide) groups is 1. The minimum absolute atomic E-state index is 0.220. The number of benzene rings is 1. The SMILES string of the molecule is COc1cc(F)cc(OC[C@H]2CNCCS2)c1-c1cc(Nc2cnc(C#N)cn2)n[nH]1. The highest BCUT2D eigenvalue weighted by Crippen LogP contribution is 2.39. The van der Waals surface area contributed by atoms with Crippen molar-refractivity contribution in [2.75, 3.05) is 37.9 Å². The summed E-state index contributed by atoms with van der Waals surface area (Å²) in [6, 6.07) is 6.30. The minimum Gasteiger partial charge on any atom is -0.496 e. The largest absolute Gasteiger partial charge is 0.496 e. The minimum atomic E-state index is -0.448. The summed E-state index contributed by atoms with van der Waals surface area (Å²) in [5, 5.41) is 22.6. The molecular weight excluding hydrogens is 421 g/mol. The van der Waals surface area contributed by atoms with Crippen molar-refractivity contribution in [2.45, 2.75) is 5.25 Å². The Hall–Kier alpha value is -3.36. The highest BCUT2D eigenvalue weighted by molar-refractivity contribution is 8.00. The molecule has 0 aliphatic carbocycles. The van der Waals surface area contributed by atoms with E-state index in [-0.39, 0.29) is 10.9 Å². The first-order valence-corrected chi connectivity index (χ1v) is 10.6. The number of hydrogen-bond donors (Lipinski definition) is 3. The van der Waals surface area contributed by atoms with Crippen LogP contribution in [0.3, 0.4) is 0 Å². The Balaban J connectivity index is 1.58. The van der Waals surface area contributed by atoms with Gasteiger partial charge >= 0.3 is 0 Å². The van der Waals surface area contributed by atoms with E-state index in [2.05, 4.69) is 30.8 Å². The van der Waals surface area contributed by atoms with Gasteiger partial charge in [0.15, 0.2) is 11.5 Å². The predicted molar refractivity (Wildman–Crippen MR) is 115 cm³/mol. The molecule has 2 aromatic heterocycles. The van der Waals surface area contributed by atoms with Crippen LogP contribution in [0.25, 0.3) is 11.3 Å². The zero-order chi connectivity index (χ0) is 21.6. The van der Waals surface area contributed by atoms with Gasteiger partial charge in [0, 0.05) is 37.0 Å². The van der Waals surface area contributed by atoms with E-state index in [4.69, 9.17) is 14.7 Å². The maximum atomic E-state index is 14.2. The van der Waals surface area contributed by atoms with E-state index in [1.54, 1.807) is 6.07 Å². The summed E-state index contributed by atoms with van der Waals surface area (Å²) in [6.07, 6.45) is 2.80. The van der Waals surface area contributed by atoms with Crippen LogP contribution in [0, 0.1) is 17.1 Å². The van der Waals surface area contributed by atoms with E-state index in [0.29, 0.717) is 41.0 Å². The first-order valence-electron chi connectivity index (χ1n) is 9.54. The lowest BCUT2D eigenvalue weighted by Crippen LogP contribution is -2.36. The van der Waals surface area contributed by atoms with E-state index in [0.717, 1.165) is 18.8 Å². The molecule has 11 heteroatoms. The van der Waals surface area contributed by atoms with Crippen molar-refractivity contribution in [2.24, 2.45) is 0 Å². The van der Waals surface area contributed by atoms with E-state index in [1.807, 2.05) is 17.8 Å². The van der Waals surface area contributed by atoms with Gasteiger partial charge in [0.05, 0.1) is 36.0 Å². The van der Waals surface area contributed by atoms with Crippen molar-refractivity contribution >= 4 is 23.4 Å². The number of nitrogens with zero attached hydrogens (tertiary/aromatic N) is 4. The van der Waals surface area contributed by atoms with Crippen LogP contribution in [0.1, 0.15) is 5.69 Å². The molecule has 0 amide bonds. The highest BCUT2D eigenvalue weighted by atomic mass is 32.2. The number of aromatic nitrogens is 4. The molecule has 4 rings (SSSR count). The number of ether oxygens (including phenoxy) is 2. The number of hydrogen-bond acceptors (Lipinski definition) is 9. The van der Waals surface area contributed by atoms with Crippen molar-refractivity contribution in [3.63, 3.8) is 0 Å². The van der Waals surface area contributed by atoms with Gasteiger partial charge in [-0.3, -0.25) is 5.10 Å². The fraction of sp³-hybridized carbons (Fsp3) is 0.300.